The number of hydrogen-bond donors (Lipinski definition) is 1. The molecule has 3 rings (SSSR count). The fraction of sp³-hybridized carbons (Fsp3) is 0.500. The van der Waals surface area contributed by atoms with E-state index in [4.69, 9.17) is 4.74 Å². The molecule has 0 fully saturated rings. The van der Waals surface area contributed by atoms with Crippen molar-refractivity contribution in [3.63, 3.8) is 0 Å². The van der Waals surface area contributed by atoms with E-state index in [9.17, 15) is 9.18 Å². The number of nitrogens with one attached hydrogen (secondary N) is 1. The van der Waals surface area contributed by atoms with Gasteiger partial charge < -0.3 is 10.1 Å². The second kappa shape index (κ2) is 17.0. The summed E-state index contributed by atoms with van der Waals surface area (Å²) < 4.78 is 22.6. The highest BCUT2D eigenvalue weighted by Gasteiger charge is 2.18. The number of nitrogens with zero attached hydrogens (tertiary/aromatic N) is 1. The van der Waals surface area contributed by atoms with Crippen molar-refractivity contribution >= 4 is 22.9 Å². The van der Waals surface area contributed by atoms with Crippen molar-refractivity contribution in [1.82, 2.24) is 0 Å². The van der Waals surface area contributed by atoms with Gasteiger partial charge in [-0.2, -0.15) is 4.57 Å². The highest BCUT2D eigenvalue weighted by atomic mass is 32.1. The van der Waals surface area contributed by atoms with Gasteiger partial charge in [0.2, 0.25) is 5.51 Å². The largest absolute Gasteiger partial charge is 0.488 e. The maximum atomic E-state index is 14.6. The Labute approximate surface area is 232 Å². The smallest absolute Gasteiger partial charge is 0.256 e. The Kier molecular flexibility index (Phi) is 13.3. The van der Waals surface area contributed by atoms with Crippen LogP contribution >= 0.6 is 11.3 Å². The van der Waals surface area contributed by atoms with Crippen molar-refractivity contribution in [2.24, 2.45) is 0 Å². The molecule has 0 aliphatic heterocycles. The SMILES string of the molecule is CCCCCCCCCCCCCCOc1c(F)cccc1NC(=O)c1ccccc1C[n+]1cscc1C. The molecule has 4 nitrogen and oxygen atoms in total. The molecule has 38 heavy (non-hydrogen) atoms. The highest BCUT2D eigenvalue weighted by molar-refractivity contribution is 7.07. The van der Waals surface area contributed by atoms with Crippen LogP contribution in [0.3, 0.4) is 0 Å². The Morgan fingerprint density at radius 3 is 2.21 bits per heavy atom. The average molecular weight is 540 g/mol. The maximum absolute atomic E-state index is 14.6. The molecule has 0 spiro atoms. The van der Waals surface area contributed by atoms with E-state index in [1.54, 1.807) is 29.5 Å². The lowest BCUT2D eigenvalue weighted by Crippen LogP contribution is -2.35. The van der Waals surface area contributed by atoms with Crippen LogP contribution in [0.5, 0.6) is 5.75 Å². The average Bonchev–Trinajstić information content (AvgIpc) is 3.32. The predicted octanol–water partition coefficient (Wildman–Crippen LogP) is 8.86. The minimum Gasteiger partial charge on any atom is -0.488 e. The number of amides is 1. The van der Waals surface area contributed by atoms with E-state index in [0.717, 1.165) is 24.1 Å². The fourth-order valence-corrected chi connectivity index (χ4v) is 5.42. The van der Waals surface area contributed by atoms with Crippen molar-refractivity contribution in [2.75, 3.05) is 11.9 Å². The molecule has 1 heterocycles. The molecule has 1 N–H and O–H groups in total. The third-order valence-electron chi connectivity index (χ3n) is 6.94. The highest BCUT2D eigenvalue weighted by Crippen LogP contribution is 2.29. The van der Waals surface area contributed by atoms with Crippen molar-refractivity contribution in [3.05, 3.63) is 76.0 Å². The Hall–Kier alpha value is -2.73. The van der Waals surface area contributed by atoms with E-state index in [1.165, 1.54) is 70.3 Å². The van der Waals surface area contributed by atoms with E-state index in [1.807, 2.05) is 30.6 Å². The molecule has 0 bridgehead atoms. The number of anilines is 1. The Morgan fingerprint density at radius 1 is 0.895 bits per heavy atom. The first-order chi connectivity index (χ1) is 18.6. The van der Waals surface area contributed by atoms with Gasteiger partial charge in [0.1, 0.15) is 0 Å². The summed E-state index contributed by atoms with van der Waals surface area (Å²) in [4.78, 5) is 13.2. The van der Waals surface area contributed by atoms with Crippen LogP contribution < -0.4 is 14.6 Å². The minimum atomic E-state index is -0.459. The molecule has 1 amide bonds. The summed E-state index contributed by atoms with van der Waals surface area (Å²) in [6, 6.07) is 12.2. The number of aromatic nitrogens is 1. The molecule has 0 radical (unpaired) electrons. The predicted molar refractivity (Wildman–Crippen MR) is 156 cm³/mol. The molecule has 0 aliphatic carbocycles. The number of para-hydroxylation sites is 1. The van der Waals surface area contributed by atoms with Crippen LogP contribution in [0.15, 0.2) is 53.4 Å². The minimum absolute atomic E-state index is 0.115. The lowest BCUT2D eigenvalue weighted by Gasteiger charge is -2.14. The van der Waals surface area contributed by atoms with Gasteiger partial charge in [-0.25, -0.2) is 4.39 Å². The van der Waals surface area contributed by atoms with Crippen molar-refractivity contribution in [2.45, 2.75) is 97.4 Å². The van der Waals surface area contributed by atoms with Gasteiger partial charge in [0.25, 0.3) is 5.91 Å². The first kappa shape index (κ1) is 29.8. The van der Waals surface area contributed by atoms with Gasteiger partial charge in [0.15, 0.2) is 23.8 Å². The summed E-state index contributed by atoms with van der Waals surface area (Å²) in [6.07, 6.45) is 15.1. The molecule has 6 heteroatoms. The summed E-state index contributed by atoms with van der Waals surface area (Å²) in [5.41, 5.74) is 5.03. The van der Waals surface area contributed by atoms with Crippen LogP contribution in [0.2, 0.25) is 0 Å². The van der Waals surface area contributed by atoms with Gasteiger partial charge in [-0.05, 0) is 24.6 Å². The third-order valence-corrected chi connectivity index (χ3v) is 7.80. The zero-order chi connectivity index (χ0) is 27.0. The number of ether oxygens (including phenoxy) is 1. The number of unbranched alkanes of at least 4 members (excludes halogenated alkanes) is 11. The molecular formula is C32H44FN2O2S+. The zero-order valence-corrected chi connectivity index (χ0v) is 24.0. The van der Waals surface area contributed by atoms with Gasteiger partial charge in [-0.3, -0.25) is 4.79 Å². The summed E-state index contributed by atoms with van der Waals surface area (Å²) >= 11 is 1.63. The third kappa shape index (κ3) is 9.86. The molecule has 2 aromatic carbocycles. The van der Waals surface area contributed by atoms with E-state index in [-0.39, 0.29) is 11.7 Å². The Balaban J connectivity index is 1.44. The number of hydrogen-bond acceptors (Lipinski definition) is 3. The van der Waals surface area contributed by atoms with Crippen LogP contribution in [-0.2, 0) is 6.54 Å². The molecule has 0 aliphatic rings. The monoisotopic (exact) mass is 539 g/mol. The summed E-state index contributed by atoms with van der Waals surface area (Å²) in [7, 11) is 0. The zero-order valence-electron chi connectivity index (χ0n) is 23.1. The fourth-order valence-electron chi connectivity index (χ4n) is 4.64. The second-order valence-corrected chi connectivity index (χ2v) is 10.8. The van der Waals surface area contributed by atoms with E-state index in [0.29, 0.717) is 24.4 Å². The van der Waals surface area contributed by atoms with Gasteiger partial charge in [0.05, 0.1) is 17.7 Å². The second-order valence-electron chi connectivity index (χ2n) is 10.1. The van der Waals surface area contributed by atoms with E-state index in [2.05, 4.69) is 22.2 Å². The number of aryl methyl sites for hydroxylation is 1. The lowest BCUT2D eigenvalue weighted by molar-refractivity contribution is -0.689. The normalized spacial score (nSPS) is 11.0. The molecule has 206 valence electrons. The van der Waals surface area contributed by atoms with Gasteiger partial charge in [-0.15, -0.1) is 0 Å². The van der Waals surface area contributed by atoms with Crippen molar-refractivity contribution in [1.29, 1.82) is 0 Å². The first-order valence-electron chi connectivity index (χ1n) is 14.3. The van der Waals surface area contributed by atoms with Crippen LogP contribution in [-0.4, -0.2) is 12.5 Å². The Morgan fingerprint density at radius 2 is 1.55 bits per heavy atom. The van der Waals surface area contributed by atoms with Crippen LogP contribution in [0.4, 0.5) is 10.1 Å². The molecule has 0 unspecified atom stereocenters. The summed E-state index contributed by atoms with van der Waals surface area (Å²) in [5, 5.41) is 4.97. The van der Waals surface area contributed by atoms with Crippen molar-refractivity contribution < 1.29 is 18.5 Å². The first-order valence-corrected chi connectivity index (χ1v) is 15.3. The number of thiazole rings is 1. The van der Waals surface area contributed by atoms with Gasteiger partial charge in [0, 0.05) is 18.1 Å². The van der Waals surface area contributed by atoms with Crippen LogP contribution in [0.1, 0.15) is 106 Å². The molecule has 0 atom stereocenters. The molecule has 3 aromatic rings. The number of carbonyl (C=O) groups excluding carboxylic acids is 1. The van der Waals surface area contributed by atoms with Crippen LogP contribution in [0, 0.1) is 12.7 Å². The quantitative estimate of drug-likeness (QED) is 0.130. The number of benzene rings is 2. The molecular weight excluding hydrogens is 495 g/mol. The topological polar surface area (TPSA) is 42.2 Å². The van der Waals surface area contributed by atoms with E-state index >= 15 is 0 Å². The van der Waals surface area contributed by atoms with Gasteiger partial charge >= 0.3 is 0 Å². The lowest BCUT2D eigenvalue weighted by atomic mass is 10.1. The maximum Gasteiger partial charge on any atom is 0.256 e. The summed E-state index contributed by atoms with van der Waals surface area (Å²) in [6.45, 7) is 5.34. The molecule has 1 aromatic heterocycles. The van der Waals surface area contributed by atoms with E-state index < -0.39 is 5.82 Å². The van der Waals surface area contributed by atoms with Gasteiger partial charge in [-0.1, -0.05) is 113 Å². The number of carbonyl (C=O) groups is 1. The van der Waals surface area contributed by atoms with Crippen LogP contribution in [0.25, 0.3) is 0 Å². The number of halogens is 1. The molecule has 0 saturated carbocycles. The molecule has 0 saturated heterocycles. The van der Waals surface area contributed by atoms with Crippen molar-refractivity contribution in [3.8, 4) is 5.75 Å². The summed E-state index contributed by atoms with van der Waals surface area (Å²) in [5.74, 6) is -0.612. The standard InChI is InChI=1S/C32H43FN2O2S/c1-3-4-5-6-7-8-9-10-11-12-13-16-22-37-31-29(33)20-17-21-30(31)34-32(36)28-19-15-14-18-27(28)23-35-25-38-24-26(35)2/h14-15,17-21,24-25H,3-13,16,22-23H2,1-2H3/p+1. The Bertz CT molecular complexity index is 1110. The number of rotatable bonds is 18.